The molecule has 3 aromatic rings. The number of aliphatic hydroxyl groups excluding tert-OH is 2. The summed E-state index contributed by atoms with van der Waals surface area (Å²) in [6.45, 7) is 1.20. The van der Waals surface area contributed by atoms with Gasteiger partial charge in [-0.25, -0.2) is 0 Å². The molecule has 2 N–H and O–H groups in total. The number of hydrogen-bond donors (Lipinski definition) is 2. The fourth-order valence-electron chi connectivity index (χ4n) is 3.87. The molecule has 0 saturated heterocycles. The summed E-state index contributed by atoms with van der Waals surface area (Å²) in [5.74, 6) is 0. The van der Waals surface area contributed by atoms with Gasteiger partial charge >= 0.3 is 0 Å². The lowest BCUT2D eigenvalue weighted by molar-refractivity contribution is -0.00628. The summed E-state index contributed by atoms with van der Waals surface area (Å²) in [5.41, 5.74) is 2.33. The van der Waals surface area contributed by atoms with E-state index in [9.17, 15) is 10.2 Å². The third-order valence-corrected chi connectivity index (χ3v) is 5.28. The summed E-state index contributed by atoms with van der Waals surface area (Å²) < 4.78 is 2.22. The molecule has 0 radical (unpaired) electrons. The Labute approximate surface area is 141 Å². The van der Waals surface area contributed by atoms with Gasteiger partial charge < -0.3 is 19.7 Å². The summed E-state index contributed by atoms with van der Waals surface area (Å²) in [7, 11) is 2.03. The van der Waals surface area contributed by atoms with E-state index in [1.54, 1.807) is 0 Å². The van der Waals surface area contributed by atoms with Crippen LogP contribution in [0.25, 0.3) is 21.8 Å². The third kappa shape index (κ3) is 2.71. The fourth-order valence-corrected chi connectivity index (χ4v) is 3.87. The van der Waals surface area contributed by atoms with Gasteiger partial charge in [0.15, 0.2) is 0 Å². The second kappa shape index (κ2) is 6.20. The predicted molar refractivity (Wildman–Crippen MR) is 97.1 cm³/mol. The average Bonchev–Trinajstić information content (AvgIpc) is 2.86. The molecule has 1 fully saturated rings. The first-order chi connectivity index (χ1) is 11.6. The summed E-state index contributed by atoms with van der Waals surface area (Å²) in [6.07, 6.45) is 1.04. The number of nitrogens with zero attached hydrogens (tertiary/aromatic N) is 2. The van der Waals surface area contributed by atoms with Crippen LogP contribution in [0.4, 0.5) is 0 Å². The number of aromatic nitrogens is 1. The zero-order chi connectivity index (χ0) is 16.7. The van der Waals surface area contributed by atoms with E-state index in [4.69, 9.17) is 0 Å². The molecule has 0 amide bonds. The van der Waals surface area contributed by atoms with Crippen LogP contribution < -0.4 is 0 Å². The number of rotatable bonds is 5. The molecule has 4 nitrogen and oxygen atoms in total. The first kappa shape index (κ1) is 15.6. The van der Waals surface area contributed by atoms with Crippen molar-refractivity contribution in [2.45, 2.75) is 37.6 Å². The molecule has 1 atom stereocenters. The Morgan fingerprint density at radius 1 is 1.04 bits per heavy atom. The molecule has 0 aliphatic heterocycles. The van der Waals surface area contributed by atoms with Crippen LogP contribution in [-0.4, -0.2) is 51.5 Å². The molecule has 1 aliphatic rings. The Morgan fingerprint density at radius 2 is 1.58 bits per heavy atom. The van der Waals surface area contributed by atoms with Crippen molar-refractivity contribution in [3.05, 3.63) is 48.5 Å². The van der Waals surface area contributed by atoms with E-state index < -0.39 is 6.10 Å². The van der Waals surface area contributed by atoms with Gasteiger partial charge in [0.25, 0.3) is 0 Å². The summed E-state index contributed by atoms with van der Waals surface area (Å²) in [4.78, 5) is 2.17. The minimum Gasteiger partial charge on any atom is -0.393 e. The van der Waals surface area contributed by atoms with Crippen molar-refractivity contribution in [3.63, 3.8) is 0 Å². The Kier molecular flexibility index (Phi) is 4.04. The molecule has 1 heterocycles. The van der Waals surface area contributed by atoms with Crippen LogP contribution in [0.3, 0.4) is 0 Å². The van der Waals surface area contributed by atoms with E-state index in [0.717, 1.165) is 12.8 Å². The van der Waals surface area contributed by atoms with Crippen LogP contribution in [0.15, 0.2) is 48.5 Å². The highest BCUT2D eigenvalue weighted by atomic mass is 16.3. The molecule has 0 bridgehead atoms. The van der Waals surface area contributed by atoms with E-state index in [2.05, 4.69) is 45.9 Å². The Hall–Kier alpha value is -1.88. The van der Waals surface area contributed by atoms with E-state index >= 15 is 0 Å². The predicted octanol–water partition coefficient (Wildman–Crippen LogP) is 2.61. The highest BCUT2D eigenvalue weighted by molar-refractivity contribution is 6.07. The number of hydrogen-bond acceptors (Lipinski definition) is 3. The first-order valence-corrected chi connectivity index (χ1v) is 8.66. The molecule has 24 heavy (non-hydrogen) atoms. The zero-order valence-electron chi connectivity index (χ0n) is 14.0. The molecule has 4 rings (SSSR count). The summed E-state index contributed by atoms with van der Waals surface area (Å²) >= 11 is 0. The van der Waals surface area contributed by atoms with Crippen molar-refractivity contribution < 1.29 is 10.2 Å². The van der Waals surface area contributed by atoms with Crippen molar-refractivity contribution >= 4 is 21.8 Å². The molecule has 1 aromatic heterocycles. The van der Waals surface area contributed by atoms with E-state index in [1.165, 1.54) is 21.8 Å². The lowest BCUT2D eigenvalue weighted by Gasteiger charge is -2.39. The standard InChI is InChI=1S/C20H24N2O2/c1-21(14-10-15(23)11-14)12-16(24)13-22-19-8-4-2-6-17(19)18-7-3-5-9-20(18)22/h2-9,14-16,23-24H,10-13H2,1H3. The molecular weight excluding hydrogens is 300 g/mol. The smallest absolute Gasteiger partial charge is 0.0845 e. The van der Waals surface area contributed by atoms with Crippen LogP contribution in [0.2, 0.25) is 0 Å². The van der Waals surface area contributed by atoms with Gasteiger partial charge in [-0.1, -0.05) is 36.4 Å². The fraction of sp³-hybridized carbons (Fsp3) is 0.400. The van der Waals surface area contributed by atoms with Crippen LogP contribution in [-0.2, 0) is 6.54 Å². The lowest BCUT2D eigenvalue weighted by atomic mass is 9.88. The largest absolute Gasteiger partial charge is 0.393 e. The molecular formula is C20H24N2O2. The minimum atomic E-state index is -0.438. The highest BCUT2D eigenvalue weighted by Crippen LogP contribution is 2.29. The minimum absolute atomic E-state index is 0.160. The molecule has 1 saturated carbocycles. The van der Waals surface area contributed by atoms with E-state index in [-0.39, 0.29) is 6.10 Å². The van der Waals surface area contributed by atoms with E-state index in [1.807, 2.05) is 19.2 Å². The monoisotopic (exact) mass is 324 g/mol. The van der Waals surface area contributed by atoms with Gasteiger partial charge in [0.1, 0.15) is 0 Å². The van der Waals surface area contributed by atoms with Crippen LogP contribution in [0.1, 0.15) is 12.8 Å². The van der Waals surface area contributed by atoms with Crippen LogP contribution >= 0.6 is 0 Å². The third-order valence-electron chi connectivity index (χ3n) is 5.28. The molecule has 1 aliphatic carbocycles. The average molecular weight is 324 g/mol. The molecule has 126 valence electrons. The summed E-state index contributed by atoms with van der Waals surface area (Å²) in [5, 5.41) is 22.5. The Bertz CT molecular complexity index is 798. The quantitative estimate of drug-likeness (QED) is 0.758. The van der Waals surface area contributed by atoms with Crippen molar-refractivity contribution in [3.8, 4) is 0 Å². The number of benzene rings is 2. The van der Waals surface area contributed by atoms with Crippen molar-refractivity contribution in [2.75, 3.05) is 13.6 Å². The summed E-state index contributed by atoms with van der Waals surface area (Å²) in [6, 6.07) is 17.1. The maximum Gasteiger partial charge on any atom is 0.0845 e. The molecule has 0 spiro atoms. The topological polar surface area (TPSA) is 48.6 Å². The van der Waals surface area contributed by atoms with Gasteiger partial charge in [0.2, 0.25) is 0 Å². The first-order valence-electron chi connectivity index (χ1n) is 8.66. The second-order valence-corrected chi connectivity index (χ2v) is 7.02. The van der Waals surface area contributed by atoms with Crippen molar-refractivity contribution in [1.82, 2.24) is 9.47 Å². The highest BCUT2D eigenvalue weighted by Gasteiger charge is 2.31. The normalized spacial score (nSPS) is 22.2. The van der Waals surface area contributed by atoms with Crippen LogP contribution in [0, 0.1) is 0 Å². The number of para-hydroxylation sites is 2. The Morgan fingerprint density at radius 3 is 2.12 bits per heavy atom. The molecule has 2 aromatic carbocycles. The van der Waals surface area contributed by atoms with Crippen molar-refractivity contribution in [2.24, 2.45) is 0 Å². The van der Waals surface area contributed by atoms with Crippen LogP contribution in [0.5, 0.6) is 0 Å². The van der Waals surface area contributed by atoms with E-state index in [0.29, 0.717) is 19.1 Å². The van der Waals surface area contributed by atoms with Gasteiger partial charge in [0.05, 0.1) is 18.8 Å². The molecule has 4 heteroatoms. The lowest BCUT2D eigenvalue weighted by Crippen LogP contribution is -2.48. The van der Waals surface area contributed by atoms with Gasteiger partial charge in [-0.3, -0.25) is 0 Å². The SMILES string of the molecule is CN(CC(O)Cn1c2ccccc2c2ccccc21)C1CC(O)C1. The van der Waals surface area contributed by atoms with Gasteiger partial charge in [0, 0.05) is 34.4 Å². The number of fused-ring (bicyclic) bond motifs is 3. The van der Waals surface area contributed by atoms with Gasteiger partial charge in [-0.2, -0.15) is 0 Å². The second-order valence-electron chi connectivity index (χ2n) is 7.02. The number of aliphatic hydroxyl groups is 2. The number of likely N-dealkylation sites (N-methyl/N-ethyl adjacent to an activating group) is 1. The van der Waals surface area contributed by atoms with Gasteiger partial charge in [-0.05, 0) is 32.0 Å². The zero-order valence-corrected chi connectivity index (χ0v) is 14.0. The maximum absolute atomic E-state index is 10.6. The maximum atomic E-state index is 10.6. The molecule has 1 unspecified atom stereocenters. The Balaban J connectivity index is 1.59. The van der Waals surface area contributed by atoms with Gasteiger partial charge in [-0.15, -0.1) is 0 Å². The van der Waals surface area contributed by atoms with Crippen molar-refractivity contribution in [1.29, 1.82) is 0 Å².